The second kappa shape index (κ2) is 3.89. The molecule has 0 bridgehead atoms. The first kappa shape index (κ1) is 9.97. The molecule has 0 radical (unpaired) electrons. The van der Waals surface area contributed by atoms with Gasteiger partial charge in [-0.25, -0.2) is 0 Å². The quantitative estimate of drug-likeness (QED) is 0.681. The number of piperidine rings is 1. The SMILES string of the molecule is CCOC(=O)[C@@]12CCCN[C@@H]1CCC2. The fraction of sp³-hybridized carbons (Fsp3) is 0.909. The van der Waals surface area contributed by atoms with Crippen LogP contribution in [0, 0.1) is 5.41 Å². The summed E-state index contributed by atoms with van der Waals surface area (Å²) in [5, 5.41) is 3.46. The summed E-state index contributed by atoms with van der Waals surface area (Å²) in [6.07, 6.45) is 5.44. The Balaban J connectivity index is 2.13. The molecule has 3 nitrogen and oxygen atoms in total. The highest BCUT2D eigenvalue weighted by atomic mass is 16.5. The third-order valence-corrected chi connectivity index (χ3v) is 3.66. The standard InChI is InChI=1S/C11H19NO2/c1-2-14-10(13)11-6-3-5-9(11)12-8-4-7-11/h9,12H,2-8H2,1H3/t9-,11+/m1/s1. The molecule has 0 aromatic heterocycles. The molecule has 2 aliphatic rings. The first-order valence-electron chi connectivity index (χ1n) is 5.70. The van der Waals surface area contributed by atoms with E-state index in [2.05, 4.69) is 5.32 Å². The van der Waals surface area contributed by atoms with Crippen molar-refractivity contribution in [2.75, 3.05) is 13.2 Å². The lowest BCUT2D eigenvalue weighted by molar-refractivity contribution is -0.158. The first-order chi connectivity index (χ1) is 6.79. The summed E-state index contributed by atoms with van der Waals surface area (Å²) in [5.41, 5.74) is -0.172. The van der Waals surface area contributed by atoms with Crippen molar-refractivity contribution in [1.82, 2.24) is 5.32 Å². The Bertz CT molecular complexity index is 229. The van der Waals surface area contributed by atoms with Gasteiger partial charge < -0.3 is 10.1 Å². The normalized spacial score (nSPS) is 36.5. The minimum absolute atomic E-state index is 0.0368. The molecule has 0 amide bonds. The molecule has 1 heterocycles. The Morgan fingerprint density at radius 1 is 1.50 bits per heavy atom. The highest BCUT2D eigenvalue weighted by Crippen LogP contribution is 2.45. The van der Waals surface area contributed by atoms with E-state index in [1.807, 2.05) is 6.92 Å². The van der Waals surface area contributed by atoms with Crippen LogP contribution in [-0.4, -0.2) is 25.2 Å². The van der Waals surface area contributed by atoms with E-state index in [-0.39, 0.29) is 11.4 Å². The predicted molar refractivity (Wildman–Crippen MR) is 53.9 cm³/mol. The zero-order chi connectivity index (χ0) is 10.0. The third kappa shape index (κ3) is 1.44. The largest absolute Gasteiger partial charge is 0.466 e. The number of esters is 1. The molecule has 2 fully saturated rings. The first-order valence-corrected chi connectivity index (χ1v) is 5.70. The zero-order valence-electron chi connectivity index (χ0n) is 8.84. The van der Waals surface area contributed by atoms with E-state index in [1.165, 1.54) is 0 Å². The second-order valence-corrected chi connectivity index (χ2v) is 4.38. The van der Waals surface area contributed by atoms with E-state index in [9.17, 15) is 4.79 Å². The van der Waals surface area contributed by atoms with Gasteiger partial charge in [-0.15, -0.1) is 0 Å². The topological polar surface area (TPSA) is 38.3 Å². The van der Waals surface area contributed by atoms with Crippen LogP contribution in [0.4, 0.5) is 0 Å². The lowest BCUT2D eigenvalue weighted by Gasteiger charge is -2.37. The Labute approximate surface area is 85.2 Å². The molecule has 1 aliphatic heterocycles. The molecule has 80 valence electrons. The maximum absolute atomic E-state index is 11.9. The average Bonchev–Trinajstić information content (AvgIpc) is 2.62. The van der Waals surface area contributed by atoms with Gasteiger partial charge in [0.2, 0.25) is 0 Å². The van der Waals surface area contributed by atoms with Crippen molar-refractivity contribution in [3.05, 3.63) is 0 Å². The Morgan fingerprint density at radius 3 is 3.07 bits per heavy atom. The van der Waals surface area contributed by atoms with Gasteiger partial charge in [0.15, 0.2) is 0 Å². The minimum atomic E-state index is -0.172. The average molecular weight is 197 g/mol. The summed E-state index contributed by atoms with van der Waals surface area (Å²) in [7, 11) is 0. The van der Waals surface area contributed by atoms with Crippen molar-refractivity contribution >= 4 is 5.97 Å². The van der Waals surface area contributed by atoms with Crippen LogP contribution in [-0.2, 0) is 9.53 Å². The number of fused-ring (bicyclic) bond motifs is 1. The number of ether oxygens (including phenoxy) is 1. The molecule has 1 saturated carbocycles. The van der Waals surface area contributed by atoms with Crippen LogP contribution in [0.1, 0.15) is 39.0 Å². The van der Waals surface area contributed by atoms with Crippen LogP contribution < -0.4 is 5.32 Å². The van der Waals surface area contributed by atoms with E-state index in [0.717, 1.165) is 38.6 Å². The zero-order valence-corrected chi connectivity index (χ0v) is 8.84. The Morgan fingerprint density at radius 2 is 2.29 bits per heavy atom. The number of hydrogen-bond acceptors (Lipinski definition) is 3. The molecule has 2 rings (SSSR count). The fourth-order valence-corrected chi connectivity index (χ4v) is 2.97. The van der Waals surface area contributed by atoms with E-state index in [0.29, 0.717) is 12.6 Å². The summed E-state index contributed by atoms with van der Waals surface area (Å²) in [4.78, 5) is 11.9. The van der Waals surface area contributed by atoms with E-state index >= 15 is 0 Å². The summed E-state index contributed by atoms with van der Waals surface area (Å²) >= 11 is 0. The Kier molecular flexibility index (Phi) is 2.77. The molecular weight excluding hydrogens is 178 g/mol. The maximum atomic E-state index is 11.9. The number of hydrogen-bond donors (Lipinski definition) is 1. The highest BCUT2D eigenvalue weighted by molar-refractivity contribution is 5.78. The lowest BCUT2D eigenvalue weighted by atomic mass is 9.76. The highest BCUT2D eigenvalue weighted by Gasteiger charge is 2.50. The van der Waals surface area contributed by atoms with Gasteiger partial charge in [0, 0.05) is 6.04 Å². The summed E-state index contributed by atoms with van der Waals surface area (Å²) in [6.45, 7) is 3.45. The Hall–Kier alpha value is -0.570. The van der Waals surface area contributed by atoms with Gasteiger partial charge in [0.25, 0.3) is 0 Å². The summed E-state index contributed by atoms with van der Waals surface area (Å²) < 4.78 is 5.21. The third-order valence-electron chi connectivity index (χ3n) is 3.66. The molecule has 1 saturated heterocycles. The van der Waals surface area contributed by atoms with Gasteiger partial charge in [-0.2, -0.15) is 0 Å². The molecule has 0 aromatic carbocycles. The van der Waals surface area contributed by atoms with Crippen molar-refractivity contribution in [1.29, 1.82) is 0 Å². The summed E-state index contributed by atoms with van der Waals surface area (Å²) in [5.74, 6) is 0.0368. The van der Waals surface area contributed by atoms with Gasteiger partial charge in [-0.05, 0) is 39.2 Å². The number of nitrogens with one attached hydrogen (secondary N) is 1. The number of rotatable bonds is 2. The molecular formula is C11H19NO2. The minimum Gasteiger partial charge on any atom is -0.466 e. The van der Waals surface area contributed by atoms with Gasteiger partial charge in [0.1, 0.15) is 0 Å². The molecule has 2 atom stereocenters. The molecule has 14 heavy (non-hydrogen) atoms. The van der Waals surface area contributed by atoms with Gasteiger partial charge in [-0.1, -0.05) is 6.42 Å². The molecule has 0 unspecified atom stereocenters. The van der Waals surface area contributed by atoms with E-state index < -0.39 is 0 Å². The fourth-order valence-electron chi connectivity index (χ4n) is 2.97. The molecule has 1 aliphatic carbocycles. The van der Waals surface area contributed by atoms with Gasteiger partial charge in [-0.3, -0.25) is 4.79 Å². The van der Waals surface area contributed by atoms with Crippen LogP contribution in [0.2, 0.25) is 0 Å². The van der Waals surface area contributed by atoms with Gasteiger partial charge >= 0.3 is 5.97 Å². The van der Waals surface area contributed by atoms with Gasteiger partial charge in [0.05, 0.1) is 12.0 Å². The van der Waals surface area contributed by atoms with Crippen molar-refractivity contribution in [2.24, 2.45) is 5.41 Å². The second-order valence-electron chi connectivity index (χ2n) is 4.38. The van der Waals surface area contributed by atoms with Crippen molar-refractivity contribution in [3.8, 4) is 0 Å². The maximum Gasteiger partial charge on any atom is 0.313 e. The molecule has 3 heteroatoms. The van der Waals surface area contributed by atoms with Crippen LogP contribution in [0.3, 0.4) is 0 Å². The summed E-state index contributed by atoms with van der Waals surface area (Å²) in [6, 6.07) is 0.385. The number of carbonyl (C=O) groups is 1. The number of carbonyl (C=O) groups excluding carboxylic acids is 1. The van der Waals surface area contributed by atoms with Crippen molar-refractivity contribution < 1.29 is 9.53 Å². The van der Waals surface area contributed by atoms with Crippen molar-refractivity contribution in [3.63, 3.8) is 0 Å². The lowest BCUT2D eigenvalue weighted by Crippen LogP contribution is -2.51. The van der Waals surface area contributed by atoms with E-state index in [4.69, 9.17) is 4.74 Å². The monoisotopic (exact) mass is 197 g/mol. The van der Waals surface area contributed by atoms with Crippen LogP contribution in [0.25, 0.3) is 0 Å². The van der Waals surface area contributed by atoms with Crippen LogP contribution >= 0.6 is 0 Å². The molecule has 0 spiro atoms. The van der Waals surface area contributed by atoms with Crippen LogP contribution in [0.5, 0.6) is 0 Å². The molecule has 0 aromatic rings. The smallest absolute Gasteiger partial charge is 0.313 e. The predicted octanol–water partition coefficient (Wildman–Crippen LogP) is 1.47. The van der Waals surface area contributed by atoms with E-state index in [1.54, 1.807) is 0 Å². The van der Waals surface area contributed by atoms with Crippen LogP contribution in [0.15, 0.2) is 0 Å². The molecule has 1 N–H and O–H groups in total. The van der Waals surface area contributed by atoms with Crippen molar-refractivity contribution in [2.45, 2.75) is 45.1 Å².